The summed E-state index contributed by atoms with van der Waals surface area (Å²) in [6, 6.07) is 0.129. The zero-order valence-corrected chi connectivity index (χ0v) is 9.89. The van der Waals surface area contributed by atoms with Crippen molar-refractivity contribution in [3.63, 3.8) is 0 Å². The molecule has 0 aromatic rings. The summed E-state index contributed by atoms with van der Waals surface area (Å²) in [6.07, 6.45) is 1.88. The van der Waals surface area contributed by atoms with Crippen molar-refractivity contribution in [3.05, 3.63) is 0 Å². The molecule has 0 saturated heterocycles. The Morgan fingerprint density at radius 2 is 2.00 bits per heavy atom. The summed E-state index contributed by atoms with van der Waals surface area (Å²) in [4.78, 5) is 12.9. The highest BCUT2D eigenvalue weighted by atomic mass is 32.2. The first-order valence-corrected chi connectivity index (χ1v) is 6.37. The van der Waals surface area contributed by atoms with Crippen molar-refractivity contribution >= 4 is 15.9 Å². The maximum Gasteiger partial charge on any atom is 0.237 e. The molecule has 0 radical (unpaired) electrons. The molecule has 1 N–H and O–H groups in total. The quantitative estimate of drug-likeness (QED) is 0.700. The van der Waals surface area contributed by atoms with Gasteiger partial charge in [0.15, 0.2) is 0 Å². The second-order valence-electron chi connectivity index (χ2n) is 3.36. The van der Waals surface area contributed by atoms with Crippen LogP contribution in [0.1, 0.15) is 20.3 Å². The molecule has 0 aromatic heterocycles. The molecule has 6 heteroatoms. The number of carbonyl (C=O) groups is 1. The van der Waals surface area contributed by atoms with Crippen LogP contribution in [0.15, 0.2) is 0 Å². The topological polar surface area (TPSA) is 66.5 Å². The Bertz CT molecular complexity index is 287. The Kier molecular flexibility index (Phi) is 5.07. The number of rotatable bonds is 5. The van der Waals surface area contributed by atoms with Crippen molar-refractivity contribution in [1.82, 2.24) is 9.62 Å². The number of hydrogen-bond donors (Lipinski definition) is 1. The molecule has 0 heterocycles. The van der Waals surface area contributed by atoms with Gasteiger partial charge in [-0.1, -0.05) is 6.92 Å². The molecule has 1 amide bonds. The predicted octanol–water partition coefficient (Wildman–Crippen LogP) is -0.207. The minimum atomic E-state index is -3.28. The SMILES string of the molecule is CCC(C)N(C)C(=O)CNS(C)(=O)=O. The Hall–Kier alpha value is -0.620. The molecule has 84 valence electrons. The number of likely N-dealkylation sites (N-methyl/N-ethyl adjacent to an activating group) is 1. The molecule has 0 aliphatic heterocycles. The first-order chi connectivity index (χ1) is 6.28. The summed E-state index contributed by atoms with van der Waals surface area (Å²) in [5.74, 6) is -0.218. The molecule has 1 unspecified atom stereocenters. The van der Waals surface area contributed by atoms with Crippen molar-refractivity contribution < 1.29 is 13.2 Å². The summed E-state index contributed by atoms with van der Waals surface area (Å²) in [6.45, 7) is 3.72. The number of hydrogen-bond acceptors (Lipinski definition) is 3. The lowest BCUT2D eigenvalue weighted by Gasteiger charge is -2.23. The third kappa shape index (κ3) is 5.18. The molecule has 14 heavy (non-hydrogen) atoms. The number of sulfonamides is 1. The first-order valence-electron chi connectivity index (χ1n) is 4.48. The van der Waals surface area contributed by atoms with Crippen LogP contribution in [0, 0.1) is 0 Å². The van der Waals surface area contributed by atoms with Gasteiger partial charge < -0.3 is 4.90 Å². The highest BCUT2D eigenvalue weighted by Gasteiger charge is 2.14. The van der Waals surface area contributed by atoms with Crippen LogP contribution in [0.25, 0.3) is 0 Å². The highest BCUT2D eigenvalue weighted by molar-refractivity contribution is 7.88. The average molecular weight is 222 g/mol. The molecule has 1 atom stereocenters. The van der Waals surface area contributed by atoms with E-state index >= 15 is 0 Å². The fourth-order valence-electron chi connectivity index (χ4n) is 0.837. The predicted molar refractivity (Wildman–Crippen MR) is 55.4 cm³/mol. The maximum atomic E-state index is 11.4. The molecule has 5 nitrogen and oxygen atoms in total. The largest absolute Gasteiger partial charge is 0.342 e. The molecule has 0 aliphatic rings. The van der Waals surface area contributed by atoms with E-state index in [-0.39, 0.29) is 18.5 Å². The van der Waals surface area contributed by atoms with Crippen LogP contribution < -0.4 is 4.72 Å². The minimum Gasteiger partial charge on any atom is -0.342 e. The van der Waals surface area contributed by atoms with Crippen LogP contribution in [0.4, 0.5) is 0 Å². The molecule has 0 aromatic carbocycles. The van der Waals surface area contributed by atoms with Gasteiger partial charge in [0.05, 0.1) is 12.8 Å². The standard InChI is InChI=1S/C8H18N2O3S/c1-5-7(2)10(3)8(11)6-9-14(4,12)13/h7,9H,5-6H2,1-4H3. The third-order valence-electron chi connectivity index (χ3n) is 2.13. The van der Waals surface area contributed by atoms with Crippen LogP contribution in [-0.2, 0) is 14.8 Å². The lowest BCUT2D eigenvalue weighted by Crippen LogP contribution is -2.41. The fraction of sp³-hybridized carbons (Fsp3) is 0.875. The van der Waals surface area contributed by atoms with E-state index in [1.807, 2.05) is 13.8 Å². The van der Waals surface area contributed by atoms with E-state index < -0.39 is 10.0 Å². The van der Waals surface area contributed by atoms with Gasteiger partial charge in [0.25, 0.3) is 0 Å². The van der Waals surface area contributed by atoms with E-state index in [1.165, 1.54) is 4.90 Å². The van der Waals surface area contributed by atoms with E-state index in [1.54, 1.807) is 7.05 Å². The van der Waals surface area contributed by atoms with Crippen molar-refractivity contribution in [3.8, 4) is 0 Å². The minimum absolute atomic E-state index is 0.129. The summed E-state index contributed by atoms with van der Waals surface area (Å²) >= 11 is 0. The second-order valence-corrected chi connectivity index (χ2v) is 5.19. The van der Waals surface area contributed by atoms with E-state index in [0.29, 0.717) is 0 Å². The number of carbonyl (C=O) groups excluding carboxylic acids is 1. The molecular weight excluding hydrogens is 204 g/mol. The molecular formula is C8H18N2O3S. The van der Waals surface area contributed by atoms with Gasteiger partial charge in [-0.15, -0.1) is 0 Å². The lowest BCUT2D eigenvalue weighted by atomic mass is 10.2. The van der Waals surface area contributed by atoms with Gasteiger partial charge in [-0.2, -0.15) is 0 Å². The zero-order valence-electron chi connectivity index (χ0n) is 9.07. The number of nitrogens with one attached hydrogen (secondary N) is 1. The van der Waals surface area contributed by atoms with E-state index in [4.69, 9.17) is 0 Å². The van der Waals surface area contributed by atoms with Gasteiger partial charge >= 0.3 is 0 Å². The van der Waals surface area contributed by atoms with Crippen molar-refractivity contribution in [2.75, 3.05) is 19.8 Å². The summed E-state index contributed by atoms with van der Waals surface area (Å²) in [7, 11) is -1.62. The summed E-state index contributed by atoms with van der Waals surface area (Å²) in [5, 5.41) is 0. The molecule has 0 spiro atoms. The second kappa shape index (κ2) is 5.31. The van der Waals surface area contributed by atoms with E-state index in [2.05, 4.69) is 4.72 Å². The van der Waals surface area contributed by atoms with Gasteiger partial charge in [-0.3, -0.25) is 4.79 Å². The van der Waals surface area contributed by atoms with Gasteiger partial charge in [-0.25, -0.2) is 13.1 Å². The van der Waals surface area contributed by atoms with Crippen molar-refractivity contribution in [1.29, 1.82) is 0 Å². The van der Waals surface area contributed by atoms with Crippen LogP contribution >= 0.6 is 0 Å². The highest BCUT2D eigenvalue weighted by Crippen LogP contribution is 1.99. The Morgan fingerprint density at radius 1 is 1.50 bits per heavy atom. The summed E-state index contributed by atoms with van der Waals surface area (Å²) < 4.78 is 23.6. The lowest BCUT2D eigenvalue weighted by molar-refractivity contribution is -0.130. The van der Waals surface area contributed by atoms with Crippen molar-refractivity contribution in [2.24, 2.45) is 0 Å². The third-order valence-corrected chi connectivity index (χ3v) is 2.80. The summed E-state index contributed by atoms with van der Waals surface area (Å²) in [5.41, 5.74) is 0. The van der Waals surface area contributed by atoms with Gasteiger partial charge in [0, 0.05) is 13.1 Å². The molecule has 0 aliphatic carbocycles. The van der Waals surface area contributed by atoms with Gasteiger partial charge in [0.2, 0.25) is 15.9 Å². The monoisotopic (exact) mass is 222 g/mol. The Morgan fingerprint density at radius 3 is 2.36 bits per heavy atom. The van der Waals surface area contributed by atoms with E-state index in [0.717, 1.165) is 12.7 Å². The molecule has 0 saturated carbocycles. The van der Waals surface area contributed by atoms with Crippen LogP contribution in [0.2, 0.25) is 0 Å². The molecule has 0 rings (SSSR count). The van der Waals surface area contributed by atoms with Crippen LogP contribution in [0.5, 0.6) is 0 Å². The normalized spacial score (nSPS) is 13.7. The maximum absolute atomic E-state index is 11.4. The van der Waals surface area contributed by atoms with Gasteiger partial charge in [0.1, 0.15) is 0 Å². The Balaban J connectivity index is 4.10. The number of amides is 1. The first kappa shape index (κ1) is 13.4. The molecule has 0 bridgehead atoms. The number of nitrogens with zero attached hydrogens (tertiary/aromatic N) is 1. The van der Waals surface area contributed by atoms with Crippen LogP contribution in [0.3, 0.4) is 0 Å². The van der Waals surface area contributed by atoms with Crippen LogP contribution in [-0.4, -0.2) is 45.1 Å². The van der Waals surface area contributed by atoms with E-state index in [9.17, 15) is 13.2 Å². The molecule has 0 fully saturated rings. The van der Waals surface area contributed by atoms with Crippen molar-refractivity contribution in [2.45, 2.75) is 26.3 Å². The fourth-order valence-corrected chi connectivity index (χ4v) is 1.22. The van der Waals surface area contributed by atoms with Gasteiger partial charge in [-0.05, 0) is 13.3 Å². The average Bonchev–Trinajstić information content (AvgIpc) is 2.10. The smallest absolute Gasteiger partial charge is 0.237 e. The Labute approximate surface area is 85.5 Å². The zero-order chi connectivity index (χ0) is 11.4.